The second-order valence-electron chi connectivity index (χ2n) is 4.66. The van der Waals surface area contributed by atoms with E-state index in [2.05, 4.69) is 26.2 Å². The van der Waals surface area contributed by atoms with Crippen LogP contribution in [0.1, 0.15) is 28.7 Å². The number of aromatic nitrogens is 1. The summed E-state index contributed by atoms with van der Waals surface area (Å²) in [6.45, 7) is 0. The van der Waals surface area contributed by atoms with Crippen molar-refractivity contribution in [2.75, 3.05) is 0 Å². The highest BCUT2D eigenvalue weighted by atomic mass is 79.9. The molecule has 4 nitrogen and oxygen atoms in total. The maximum atomic E-state index is 12.3. The van der Waals surface area contributed by atoms with Crippen molar-refractivity contribution in [3.63, 3.8) is 0 Å². The van der Waals surface area contributed by atoms with E-state index in [0.29, 0.717) is 6.42 Å². The Morgan fingerprint density at radius 2 is 2.20 bits per heavy atom. The van der Waals surface area contributed by atoms with Gasteiger partial charge in [-0.25, -0.2) is 0 Å². The molecule has 1 aromatic heterocycles. The van der Waals surface area contributed by atoms with Gasteiger partial charge in [-0.15, -0.1) is 11.3 Å². The molecule has 1 saturated heterocycles. The lowest BCUT2D eigenvalue weighted by molar-refractivity contribution is -0.135. The molecule has 0 spiro atoms. The lowest BCUT2D eigenvalue weighted by Gasteiger charge is -2.29. The van der Waals surface area contributed by atoms with Crippen molar-refractivity contribution in [3.8, 4) is 0 Å². The molecule has 102 valence electrons. The molecule has 0 radical (unpaired) electrons. The van der Waals surface area contributed by atoms with E-state index >= 15 is 0 Å². The summed E-state index contributed by atoms with van der Waals surface area (Å²) in [5.74, 6) is -0.957. The Balaban J connectivity index is 2.04. The molecule has 2 unspecified atom stereocenters. The van der Waals surface area contributed by atoms with E-state index in [0.717, 1.165) is 14.9 Å². The van der Waals surface area contributed by atoms with Crippen molar-refractivity contribution >= 4 is 39.1 Å². The quantitative estimate of drug-likeness (QED) is 0.847. The average molecular weight is 351 g/mol. The first kappa shape index (κ1) is 13.5. The van der Waals surface area contributed by atoms with Crippen LogP contribution in [0.15, 0.2) is 40.4 Å². The van der Waals surface area contributed by atoms with Crippen molar-refractivity contribution < 1.29 is 9.59 Å². The largest absolute Gasteiger partial charge is 0.296 e. The van der Waals surface area contributed by atoms with Gasteiger partial charge in [0.05, 0.1) is 11.4 Å². The predicted molar refractivity (Wildman–Crippen MR) is 79.5 cm³/mol. The second kappa shape index (κ2) is 5.46. The smallest absolute Gasteiger partial charge is 0.234 e. The lowest BCUT2D eigenvalue weighted by Crippen LogP contribution is -2.43. The highest BCUT2D eigenvalue weighted by molar-refractivity contribution is 9.10. The first-order valence-electron chi connectivity index (χ1n) is 6.12. The standard InChI is InChI=1S/C14H11BrN2O2S/c15-9-3-1-2-8(4-9)13-10(11-6-16-7-20-11)5-12(18)17-14(13)19/h1-4,6-7,10,13H,5H2,(H,17,18,19). The fourth-order valence-electron chi connectivity index (χ4n) is 2.52. The van der Waals surface area contributed by atoms with Gasteiger partial charge in [0.2, 0.25) is 11.8 Å². The number of carbonyl (C=O) groups is 2. The van der Waals surface area contributed by atoms with Gasteiger partial charge in [-0.1, -0.05) is 28.1 Å². The molecular formula is C14H11BrN2O2S. The van der Waals surface area contributed by atoms with Crippen molar-refractivity contribution in [1.29, 1.82) is 0 Å². The Morgan fingerprint density at radius 3 is 2.90 bits per heavy atom. The van der Waals surface area contributed by atoms with Crippen molar-refractivity contribution in [3.05, 3.63) is 50.9 Å². The van der Waals surface area contributed by atoms with Gasteiger partial charge in [0, 0.05) is 27.9 Å². The minimum Gasteiger partial charge on any atom is -0.296 e. The molecule has 1 aromatic carbocycles. The molecule has 2 atom stereocenters. The highest BCUT2D eigenvalue weighted by Gasteiger charge is 2.38. The normalized spacial score (nSPS) is 22.6. The topological polar surface area (TPSA) is 59.1 Å². The molecule has 6 heteroatoms. The number of nitrogens with one attached hydrogen (secondary N) is 1. The molecule has 0 aliphatic carbocycles. The van der Waals surface area contributed by atoms with Crippen LogP contribution in [-0.4, -0.2) is 16.8 Å². The Labute approximate surface area is 128 Å². The number of piperidine rings is 1. The molecule has 1 aliphatic rings. The summed E-state index contributed by atoms with van der Waals surface area (Å²) in [6, 6.07) is 7.65. The van der Waals surface area contributed by atoms with Gasteiger partial charge in [0.25, 0.3) is 0 Å². The van der Waals surface area contributed by atoms with Crippen LogP contribution in [0.25, 0.3) is 0 Å². The first-order valence-corrected chi connectivity index (χ1v) is 7.80. The van der Waals surface area contributed by atoms with Gasteiger partial charge in [0.1, 0.15) is 0 Å². The van der Waals surface area contributed by atoms with Crippen LogP contribution in [-0.2, 0) is 9.59 Å². The van der Waals surface area contributed by atoms with Crippen LogP contribution in [0.4, 0.5) is 0 Å². The molecule has 1 aliphatic heterocycles. The zero-order valence-electron chi connectivity index (χ0n) is 10.4. The third-order valence-corrected chi connectivity index (χ3v) is 4.78. The summed E-state index contributed by atoms with van der Waals surface area (Å²) in [6.07, 6.45) is 2.05. The van der Waals surface area contributed by atoms with Gasteiger partial charge in [-0.3, -0.25) is 19.9 Å². The molecule has 3 rings (SSSR count). The second-order valence-corrected chi connectivity index (χ2v) is 6.49. The minimum atomic E-state index is -0.356. The number of imide groups is 1. The van der Waals surface area contributed by atoms with Crippen molar-refractivity contribution in [1.82, 2.24) is 10.3 Å². The SMILES string of the molecule is O=C1CC(c2cncs2)C(c2cccc(Br)c2)C(=O)N1. The van der Waals surface area contributed by atoms with E-state index in [-0.39, 0.29) is 23.7 Å². The Bertz CT molecular complexity index is 657. The molecule has 1 N–H and O–H groups in total. The number of thiazole rings is 1. The van der Waals surface area contributed by atoms with Gasteiger partial charge in [0.15, 0.2) is 0 Å². The molecule has 0 saturated carbocycles. The zero-order valence-corrected chi connectivity index (χ0v) is 12.8. The zero-order chi connectivity index (χ0) is 14.1. The summed E-state index contributed by atoms with van der Waals surface area (Å²) >= 11 is 4.90. The van der Waals surface area contributed by atoms with E-state index in [9.17, 15) is 9.59 Å². The Morgan fingerprint density at radius 1 is 1.35 bits per heavy atom. The summed E-state index contributed by atoms with van der Waals surface area (Å²) in [7, 11) is 0. The Kier molecular flexibility index (Phi) is 3.67. The number of amides is 2. The molecular weight excluding hydrogens is 340 g/mol. The van der Waals surface area contributed by atoms with E-state index < -0.39 is 0 Å². The molecule has 2 aromatic rings. The maximum Gasteiger partial charge on any atom is 0.234 e. The van der Waals surface area contributed by atoms with Crippen LogP contribution in [0.2, 0.25) is 0 Å². The van der Waals surface area contributed by atoms with Gasteiger partial charge >= 0.3 is 0 Å². The summed E-state index contributed by atoms with van der Waals surface area (Å²) in [5.41, 5.74) is 2.63. The number of benzene rings is 1. The third-order valence-electron chi connectivity index (χ3n) is 3.38. The third kappa shape index (κ3) is 2.53. The van der Waals surface area contributed by atoms with Crippen LogP contribution >= 0.6 is 27.3 Å². The summed E-state index contributed by atoms with van der Waals surface area (Å²) in [4.78, 5) is 29.0. The first-order chi connectivity index (χ1) is 9.65. The van der Waals surface area contributed by atoms with Gasteiger partial charge < -0.3 is 0 Å². The molecule has 2 heterocycles. The maximum absolute atomic E-state index is 12.3. The molecule has 20 heavy (non-hydrogen) atoms. The fraction of sp³-hybridized carbons (Fsp3) is 0.214. The Hall–Kier alpha value is -1.53. The predicted octanol–water partition coefficient (Wildman–Crippen LogP) is 2.82. The minimum absolute atomic E-state index is 0.141. The van der Waals surface area contributed by atoms with Crippen LogP contribution < -0.4 is 5.32 Å². The number of carbonyl (C=O) groups excluding carboxylic acids is 2. The van der Waals surface area contributed by atoms with Crippen LogP contribution in [0, 0.1) is 0 Å². The number of rotatable bonds is 2. The van der Waals surface area contributed by atoms with E-state index in [1.165, 1.54) is 11.3 Å². The van der Waals surface area contributed by atoms with Crippen molar-refractivity contribution in [2.45, 2.75) is 18.3 Å². The van der Waals surface area contributed by atoms with E-state index in [1.54, 1.807) is 11.7 Å². The molecule has 1 fully saturated rings. The van der Waals surface area contributed by atoms with Gasteiger partial charge in [-0.05, 0) is 17.7 Å². The van der Waals surface area contributed by atoms with Crippen LogP contribution in [0.3, 0.4) is 0 Å². The lowest BCUT2D eigenvalue weighted by atomic mass is 9.80. The number of nitrogens with zero attached hydrogens (tertiary/aromatic N) is 1. The number of halogens is 1. The number of hydrogen-bond acceptors (Lipinski definition) is 4. The van der Waals surface area contributed by atoms with Crippen LogP contribution in [0.5, 0.6) is 0 Å². The summed E-state index contributed by atoms with van der Waals surface area (Å²) < 4.78 is 0.919. The molecule has 0 bridgehead atoms. The summed E-state index contributed by atoms with van der Waals surface area (Å²) in [5, 5.41) is 2.43. The monoisotopic (exact) mass is 350 g/mol. The fourth-order valence-corrected chi connectivity index (χ4v) is 3.70. The number of hydrogen-bond donors (Lipinski definition) is 1. The van der Waals surface area contributed by atoms with Gasteiger partial charge in [-0.2, -0.15) is 0 Å². The van der Waals surface area contributed by atoms with E-state index in [1.807, 2.05) is 24.3 Å². The highest BCUT2D eigenvalue weighted by Crippen LogP contribution is 2.40. The van der Waals surface area contributed by atoms with Crippen molar-refractivity contribution in [2.24, 2.45) is 0 Å². The molecule has 2 amide bonds. The van der Waals surface area contributed by atoms with E-state index in [4.69, 9.17) is 0 Å². The average Bonchev–Trinajstić information content (AvgIpc) is 2.91.